The molecule has 0 bridgehead atoms. The molecular formula is C15H32O2. The van der Waals surface area contributed by atoms with Gasteiger partial charge in [-0.2, -0.15) is 0 Å². The molecule has 0 aromatic carbocycles. The quantitative estimate of drug-likeness (QED) is 0.580. The molecule has 0 rings (SSSR count). The minimum Gasteiger partial charge on any atom is -0.390 e. The first-order valence-electron chi connectivity index (χ1n) is 7.29. The highest BCUT2D eigenvalue weighted by Gasteiger charge is 2.26. The Kier molecular flexibility index (Phi) is 8.06. The first kappa shape index (κ1) is 16.9. The van der Waals surface area contributed by atoms with E-state index in [0.29, 0.717) is 0 Å². The number of hydrogen-bond donors (Lipinski definition) is 1. The van der Waals surface area contributed by atoms with Crippen molar-refractivity contribution in [2.45, 2.75) is 90.3 Å². The Labute approximate surface area is 108 Å². The molecule has 0 fully saturated rings. The van der Waals surface area contributed by atoms with Gasteiger partial charge in [-0.3, -0.25) is 0 Å². The fourth-order valence-electron chi connectivity index (χ4n) is 2.50. The monoisotopic (exact) mass is 244 g/mol. The van der Waals surface area contributed by atoms with Crippen LogP contribution in [-0.4, -0.2) is 23.4 Å². The summed E-state index contributed by atoms with van der Waals surface area (Å²) in [6.07, 6.45) is 8.16. The molecule has 1 N–H and O–H groups in total. The zero-order chi connectivity index (χ0) is 13.4. The molecule has 17 heavy (non-hydrogen) atoms. The highest BCUT2D eigenvalue weighted by Crippen LogP contribution is 2.28. The van der Waals surface area contributed by atoms with Gasteiger partial charge in [-0.25, -0.2) is 0 Å². The van der Waals surface area contributed by atoms with E-state index in [-0.39, 0.29) is 5.60 Å². The van der Waals surface area contributed by atoms with Crippen LogP contribution >= 0.6 is 0 Å². The largest absolute Gasteiger partial charge is 0.390 e. The van der Waals surface area contributed by atoms with E-state index in [2.05, 4.69) is 27.7 Å². The zero-order valence-electron chi connectivity index (χ0n) is 12.5. The minimum absolute atomic E-state index is 0.0660. The molecule has 0 amide bonds. The summed E-state index contributed by atoms with van der Waals surface area (Å²) >= 11 is 0. The second kappa shape index (κ2) is 8.10. The Balaban J connectivity index is 3.98. The maximum Gasteiger partial charge on any atom is 0.0673 e. The first-order chi connectivity index (χ1) is 8.01. The van der Waals surface area contributed by atoms with Gasteiger partial charge in [0.2, 0.25) is 0 Å². The summed E-state index contributed by atoms with van der Waals surface area (Å²) in [4.78, 5) is 0. The van der Waals surface area contributed by atoms with Gasteiger partial charge in [-0.1, -0.05) is 40.5 Å². The molecular weight excluding hydrogens is 212 g/mol. The summed E-state index contributed by atoms with van der Waals surface area (Å²) in [6.45, 7) is 8.53. The summed E-state index contributed by atoms with van der Waals surface area (Å²) in [7, 11) is 1.82. The molecule has 0 heterocycles. The number of rotatable bonds is 10. The smallest absolute Gasteiger partial charge is 0.0673 e. The fourth-order valence-corrected chi connectivity index (χ4v) is 2.50. The number of aliphatic hydroxyl groups is 1. The number of ether oxygens (including phenoxy) is 1. The minimum atomic E-state index is -0.436. The summed E-state index contributed by atoms with van der Waals surface area (Å²) < 4.78 is 5.66. The van der Waals surface area contributed by atoms with Crippen LogP contribution in [0.3, 0.4) is 0 Å². The average Bonchev–Trinajstić information content (AvgIpc) is 2.39. The Morgan fingerprint density at radius 3 is 1.65 bits per heavy atom. The van der Waals surface area contributed by atoms with Gasteiger partial charge in [-0.05, 0) is 38.5 Å². The van der Waals surface area contributed by atoms with Crippen LogP contribution in [0.2, 0.25) is 0 Å². The third-order valence-corrected chi connectivity index (χ3v) is 4.56. The molecule has 0 saturated heterocycles. The number of unbranched alkanes of at least 4 members (excludes halogenated alkanes) is 1. The van der Waals surface area contributed by atoms with Crippen molar-refractivity contribution in [1.29, 1.82) is 0 Å². The molecule has 0 aromatic heterocycles. The molecule has 0 radical (unpaired) electrons. The van der Waals surface area contributed by atoms with Crippen LogP contribution in [0.4, 0.5) is 0 Å². The van der Waals surface area contributed by atoms with Crippen LogP contribution in [-0.2, 0) is 4.74 Å². The lowest BCUT2D eigenvalue weighted by Gasteiger charge is -2.31. The molecule has 2 heteroatoms. The van der Waals surface area contributed by atoms with Gasteiger partial charge < -0.3 is 9.84 Å². The molecule has 0 aromatic rings. The Bertz CT molecular complexity index is 173. The Hall–Kier alpha value is -0.0800. The Morgan fingerprint density at radius 2 is 1.29 bits per heavy atom. The van der Waals surface area contributed by atoms with E-state index in [1.807, 2.05) is 7.11 Å². The van der Waals surface area contributed by atoms with E-state index in [0.717, 1.165) is 51.4 Å². The average molecular weight is 244 g/mol. The predicted molar refractivity (Wildman–Crippen MR) is 74.3 cm³/mol. The van der Waals surface area contributed by atoms with Crippen LogP contribution in [0.1, 0.15) is 79.1 Å². The summed E-state index contributed by atoms with van der Waals surface area (Å²) in [5.41, 5.74) is -0.370. The molecule has 0 aliphatic carbocycles. The van der Waals surface area contributed by atoms with Gasteiger partial charge in [0.1, 0.15) is 0 Å². The molecule has 0 saturated carbocycles. The van der Waals surface area contributed by atoms with Crippen LogP contribution < -0.4 is 0 Å². The van der Waals surface area contributed by atoms with Crippen molar-refractivity contribution in [1.82, 2.24) is 0 Å². The van der Waals surface area contributed by atoms with Crippen molar-refractivity contribution in [3.8, 4) is 0 Å². The maximum absolute atomic E-state index is 10.2. The predicted octanol–water partition coefficient (Wildman–Crippen LogP) is 4.30. The van der Waals surface area contributed by atoms with Crippen molar-refractivity contribution in [2.24, 2.45) is 0 Å². The highest BCUT2D eigenvalue weighted by molar-refractivity contribution is 4.79. The zero-order valence-corrected chi connectivity index (χ0v) is 12.5. The van der Waals surface area contributed by atoms with E-state index < -0.39 is 5.60 Å². The SMILES string of the molecule is CCC(O)(CC)CCCCC(CC)(CC)OC. The second-order valence-electron chi connectivity index (χ2n) is 5.23. The van der Waals surface area contributed by atoms with Gasteiger partial charge in [0.05, 0.1) is 11.2 Å². The van der Waals surface area contributed by atoms with Gasteiger partial charge in [0.15, 0.2) is 0 Å². The molecule has 0 spiro atoms. The number of methoxy groups -OCH3 is 1. The van der Waals surface area contributed by atoms with Crippen molar-refractivity contribution < 1.29 is 9.84 Å². The number of hydrogen-bond acceptors (Lipinski definition) is 2. The maximum atomic E-state index is 10.2. The second-order valence-corrected chi connectivity index (χ2v) is 5.23. The fraction of sp³-hybridized carbons (Fsp3) is 1.00. The molecule has 0 atom stereocenters. The van der Waals surface area contributed by atoms with Crippen molar-refractivity contribution in [2.75, 3.05) is 7.11 Å². The lowest BCUT2D eigenvalue weighted by Crippen LogP contribution is -2.30. The standard InChI is InChI=1S/C15H32O2/c1-6-14(16,7-2)12-10-11-13-15(8-3,9-4)17-5/h16H,6-13H2,1-5H3. The van der Waals surface area contributed by atoms with Crippen LogP contribution in [0.15, 0.2) is 0 Å². The topological polar surface area (TPSA) is 29.5 Å². The third kappa shape index (κ3) is 5.39. The molecule has 0 unspecified atom stereocenters. The van der Waals surface area contributed by atoms with Crippen LogP contribution in [0.5, 0.6) is 0 Å². The van der Waals surface area contributed by atoms with Gasteiger partial charge in [-0.15, -0.1) is 0 Å². The summed E-state index contributed by atoms with van der Waals surface area (Å²) in [5.74, 6) is 0. The van der Waals surface area contributed by atoms with Crippen LogP contribution in [0.25, 0.3) is 0 Å². The first-order valence-corrected chi connectivity index (χ1v) is 7.29. The molecule has 0 aliphatic rings. The van der Waals surface area contributed by atoms with Gasteiger partial charge in [0, 0.05) is 7.11 Å². The van der Waals surface area contributed by atoms with Gasteiger partial charge >= 0.3 is 0 Å². The summed E-state index contributed by atoms with van der Waals surface area (Å²) in [5, 5.41) is 10.2. The lowest BCUT2D eigenvalue weighted by atomic mass is 9.87. The summed E-state index contributed by atoms with van der Waals surface area (Å²) in [6, 6.07) is 0. The van der Waals surface area contributed by atoms with Crippen molar-refractivity contribution in [3.63, 3.8) is 0 Å². The normalized spacial score (nSPS) is 13.1. The Morgan fingerprint density at radius 1 is 0.824 bits per heavy atom. The van der Waals surface area contributed by atoms with E-state index >= 15 is 0 Å². The molecule has 0 aliphatic heterocycles. The van der Waals surface area contributed by atoms with E-state index in [1.54, 1.807) is 0 Å². The molecule has 2 nitrogen and oxygen atoms in total. The highest BCUT2D eigenvalue weighted by atomic mass is 16.5. The van der Waals surface area contributed by atoms with Gasteiger partial charge in [0.25, 0.3) is 0 Å². The van der Waals surface area contributed by atoms with E-state index in [9.17, 15) is 5.11 Å². The van der Waals surface area contributed by atoms with Crippen LogP contribution in [0, 0.1) is 0 Å². The van der Waals surface area contributed by atoms with Crippen molar-refractivity contribution >= 4 is 0 Å². The van der Waals surface area contributed by atoms with E-state index in [4.69, 9.17) is 4.74 Å². The third-order valence-electron chi connectivity index (χ3n) is 4.56. The molecule has 104 valence electrons. The van der Waals surface area contributed by atoms with E-state index in [1.165, 1.54) is 0 Å². The van der Waals surface area contributed by atoms with Crippen molar-refractivity contribution in [3.05, 3.63) is 0 Å². The lowest BCUT2D eigenvalue weighted by molar-refractivity contribution is -0.0283.